The zero-order chi connectivity index (χ0) is 12.3. The third kappa shape index (κ3) is 2.60. The number of hydrogen-bond acceptors (Lipinski definition) is 3. The molecule has 3 nitrogen and oxygen atoms in total. The summed E-state index contributed by atoms with van der Waals surface area (Å²) in [5, 5.41) is 0. The van der Waals surface area contributed by atoms with E-state index in [1.165, 1.54) is 19.3 Å². The zero-order valence-corrected chi connectivity index (χ0v) is 10.2. The zero-order valence-electron chi connectivity index (χ0n) is 10.2. The van der Waals surface area contributed by atoms with Gasteiger partial charge in [0.15, 0.2) is 5.78 Å². The molecule has 2 rings (SSSR count). The molecule has 0 heterocycles. The van der Waals surface area contributed by atoms with E-state index in [9.17, 15) is 4.79 Å². The molecule has 0 bridgehead atoms. The smallest absolute Gasteiger partial charge is 0.166 e. The number of ether oxygens (including phenoxy) is 1. The van der Waals surface area contributed by atoms with E-state index in [-0.39, 0.29) is 11.7 Å². The molecule has 0 amide bonds. The van der Waals surface area contributed by atoms with Crippen LogP contribution >= 0.6 is 0 Å². The summed E-state index contributed by atoms with van der Waals surface area (Å²) in [6, 6.07) is 5.31. The van der Waals surface area contributed by atoms with Gasteiger partial charge in [0.2, 0.25) is 0 Å². The summed E-state index contributed by atoms with van der Waals surface area (Å²) in [7, 11) is 1.58. The average Bonchev–Trinajstić information content (AvgIpc) is 2.39. The summed E-state index contributed by atoms with van der Waals surface area (Å²) in [5.74, 6) is 1.06. The predicted molar refractivity (Wildman–Crippen MR) is 68.3 cm³/mol. The topological polar surface area (TPSA) is 52.3 Å². The fraction of sp³-hybridized carbons (Fsp3) is 0.500. The lowest BCUT2D eigenvalue weighted by atomic mass is 9.84. The molecule has 0 unspecified atom stereocenters. The fourth-order valence-electron chi connectivity index (χ4n) is 2.49. The Hall–Kier alpha value is -1.51. The number of Topliss-reactive ketones (excluding diaryl/α,β-unsaturated/α-hetero) is 1. The molecular formula is C14H19NO2. The third-order valence-corrected chi connectivity index (χ3v) is 3.49. The number of ketones is 1. The summed E-state index contributed by atoms with van der Waals surface area (Å²) < 4.78 is 5.09. The Balaban J connectivity index is 2.16. The second-order valence-corrected chi connectivity index (χ2v) is 4.66. The lowest BCUT2D eigenvalue weighted by Crippen LogP contribution is -2.18. The Morgan fingerprint density at radius 1 is 1.29 bits per heavy atom. The molecule has 17 heavy (non-hydrogen) atoms. The van der Waals surface area contributed by atoms with Gasteiger partial charge in [-0.25, -0.2) is 0 Å². The predicted octanol–water partition coefficient (Wildman–Crippen LogP) is 3.04. The van der Waals surface area contributed by atoms with Crippen molar-refractivity contribution >= 4 is 11.5 Å². The minimum Gasteiger partial charge on any atom is -0.495 e. The first-order chi connectivity index (χ1) is 8.22. The monoisotopic (exact) mass is 233 g/mol. The van der Waals surface area contributed by atoms with Crippen LogP contribution in [0.4, 0.5) is 5.69 Å². The molecule has 0 radical (unpaired) electrons. The number of nitrogens with two attached hydrogens (primary N) is 1. The van der Waals surface area contributed by atoms with Crippen LogP contribution in [0, 0.1) is 5.92 Å². The van der Waals surface area contributed by atoms with E-state index < -0.39 is 0 Å². The van der Waals surface area contributed by atoms with Gasteiger partial charge in [0.05, 0.1) is 12.8 Å². The first kappa shape index (κ1) is 12.0. The van der Waals surface area contributed by atoms with Crippen molar-refractivity contribution in [1.82, 2.24) is 0 Å². The molecule has 1 aromatic carbocycles. The van der Waals surface area contributed by atoms with Crippen molar-refractivity contribution in [3.05, 3.63) is 23.8 Å². The van der Waals surface area contributed by atoms with E-state index in [1.807, 2.05) is 6.07 Å². The normalized spacial score (nSPS) is 16.8. The summed E-state index contributed by atoms with van der Waals surface area (Å²) >= 11 is 0. The van der Waals surface area contributed by atoms with E-state index in [0.29, 0.717) is 11.4 Å². The number of rotatable bonds is 3. The van der Waals surface area contributed by atoms with E-state index in [2.05, 4.69) is 0 Å². The minimum atomic E-state index is 0.191. The number of nitrogen functional groups attached to an aromatic ring is 1. The standard InChI is InChI=1S/C14H19NO2/c1-17-13-8-7-11(9-12(13)15)14(16)10-5-3-2-4-6-10/h7-10H,2-6,15H2,1H3. The van der Waals surface area contributed by atoms with Crippen molar-refractivity contribution in [2.24, 2.45) is 5.92 Å². The molecule has 0 spiro atoms. The maximum Gasteiger partial charge on any atom is 0.166 e. The van der Waals surface area contributed by atoms with Crippen molar-refractivity contribution in [2.45, 2.75) is 32.1 Å². The Bertz CT molecular complexity index is 409. The largest absolute Gasteiger partial charge is 0.495 e. The Labute approximate surface area is 102 Å². The van der Waals surface area contributed by atoms with Crippen molar-refractivity contribution < 1.29 is 9.53 Å². The quantitative estimate of drug-likeness (QED) is 0.645. The highest BCUT2D eigenvalue weighted by molar-refractivity contribution is 5.98. The second-order valence-electron chi connectivity index (χ2n) is 4.66. The summed E-state index contributed by atoms with van der Waals surface area (Å²) in [4.78, 5) is 12.3. The van der Waals surface area contributed by atoms with Gasteiger partial charge < -0.3 is 10.5 Å². The molecule has 2 N–H and O–H groups in total. The van der Waals surface area contributed by atoms with Crippen LogP contribution in [0.3, 0.4) is 0 Å². The lowest BCUT2D eigenvalue weighted by Gasteiger charge is -2.20. The van der Waals surface area contributed by atoms with Crippen molar-refractivity contribution in [3.8, 4) is 5.75 Å². The summed E-state index contributed by atoms with van der Waals surface area (Å²) in [5.41, 5.74) is 7.08. The van der Waals surface area contributed by atoms with E-state index in [0.717, 1.165) is 18.4 Å². The van der Waals surface area contributed by atoms with Crippen LogP contribution in [0.2, 0.25) is 0 Å². The van der Waals surface area contributed by atoms with Gasteiger partial charge in [0.25, 0.3) is 0 Å². The van der Waals surface area contributed by atoms with E-state index in [1.54, 1.807) is 19.2 Å². The Kier molecular flexibility index (Phi) is 3.67. The van der Waals surface area contributed by atoms with Gasteiger partial charge in [-0.1, -0.05) is 19.3 Å². The number of carbonyl (C=O) groups is 1. The SMILES string of the molecule is COc1ccc(C(=O)C2CCCCC2)cc1N. The van der Waals surface area contributed by atoms with Crippen LogP contribution < -0.4 is 10.5 Å². The molecule has 1 aromatic rings. The molecule has 1 aliphatic carbocycles. The van der Waals surface area contributed by atoms with Crippen molar-refractivity contribution in [2.75, 3.05) is 12.8 Å². The first-order valence-corrected chi connectivity index (χ1v) is 6.20. The molecule has 1 saturated carbocycles. The second kappa shape index (κ2) is 5.21. The summed E-state index contributed by atoms with van der Waals surface area (Å²) in [6.07, 6.45) is 5.63. The molecule has 1 fully saturated rings. The minimum absolute atomic E-state index is 0.191. The molecular weight excluding hydrogens is 214 g/mol. The van der Waals surface area contributed by atoms with Gasteiger partial charge in [-0.2, -0.15) is 0 Å². The average molecular weight is 233 g/mol. The highest BCUT2D eigenvalue weighted by Crippen LogP contribution is 2.29. The number of benzene rings is 1. The molecule has 0 aliphatic heterocycles. The maximum absolute atomic E-state index is 12.3. The number of hydrogen-bond donors (Lipinski definition) is 1. The number of anilines is 1. The molecule has 3 heteroatoms. The van der Waals surface area contributed by atoms with Crippen molar-refractivity contribution in [1.29, 1.82) is 0 Å². The van der Waals surface area contributed by atoms with Gasteiger partial charge in [0.1, 0.15) is 5.75 Å². The van der Waals surface area contributed by atoms with Gasteiger partial charge in [0, 0.05) is 11.5 Å². The van der Waals surface area contributed by atoms with Crippen LogP contribution in [0.25, 0.3) is 0 Å². The van der Waals surface area contributed by atoms with Crippen LogP contribution in [0.5, 0.6) is 5.75 Å². The van der Waals surface area contributed by atoms with Crippen molar-refractivity contribution in [3.63, 3.8) is 0 Å². The number of methoxy groups -OCH3 is 1. The summed E-state index contributed by atoms with van der Waals surface area (Å²) in [6.45, 7) is 0. The lowest BCUT2D eigenvalue weighted by molar-refractivity contribution is 0.0889. The Morgan fingerprint density at radius 2 is 2.00 bits per heavy atom. The Morgan fingerprint density at radius 3 is 2.59 bits per heavy atom. The van der Waals surface area contributed by atoms with E-state index in [4.69, 9.17) is 10.5 Å². The third-order valence-electron chi connectivity index (χ3n) is 3.49. The highest BCUT2D eigenvalue weighted by atomic mass is 16.5. The van der Waals surface area contributed by atoms with Crippen LogP contribution in [-0.4, -0.2) is 12.9 Å². The number of carbonyl (C=O) groups excluding carboxylic acids is 1. The fourth-order valence-corrected chi connectivity index (χ4v) is 2.49. The molecule has 92 valence electrons. The van der Waals surface area contributed by atoms with Crippen LogP contribution in [-0.2, 0) is 0 Å². The highest BCUT2D eigenvalue weighted by Gasteiger charge is 2.22. The molecule has 0 aromatic heterocycles. The van der Waals surface area contributed by atoms with Gasteiger partial charge in [-0.15, -0.1) is 0 Å². The van der Waals surface area contributed by atoms with Gasteiger partial charge in [-0.05, 0) is 31.0 Å². The van der Waals surface area contributed by atoms with Crippen LogP contribution in [0.1, 0.15) is 42.5 Å². The molecule has 0 saturated heterocycles. The van der Waals surface area contributed by atoms with Gasteiger partial charge >= 0.3 is 0 Å². The van der Waals surface area contributed by atoms with Gasteiger partial charge in [-0.3, -0.25) is 4.79 Å². The molecule has 1 aliphatic rings. The van der Waals surface area contributed by atoms with E-state index >= 15 is 0 Å². The molecule has 0 atom stereocenters. The van der Waals surface area contributed by atoms with Crippen LogP contribution in [0.15, 0.2) is 18.2 Å². The maximum atomic E-state index is 12.3. The first-order valence-electron chi connectivity index (χ1n) is 6.20.